The number of aryl methyl sites for hydroxylation is 1. The lowest BCUT2D eigenvalue weighted by atomic mass is 10.0. The van der Waals surface area contributed by atoms with E-state index >= 15 is 0 Å². The molecule has 0 N–H and O–H groups in total. The molecule has 118 valence electrons. The van der Waals surface area contributed by atoms with E-state index in [0.29, 0.717) is 18.3 Å². The van der Waals surface area contributed by atoms with Gasteiger partial charge >= 0.3 is 0 Å². The van der Waals surface area contributed by atoms with Gasteiger partial charge in [-0.15, -0.1) is 0 Å². The number of halogens is 2. The molecule has 2 aromatic rings. The van der Waals surface area contributed by atoms with Gasteiger partial charge in [-0.1, -0.05) is 24.6 Å². The largest absolute Gasteiger partial charge is 0.338 e. The zero-order valence-corrected chi connectivity index (χ0v) is 12.6. The van der Waals surface area contributed by atoms with E-state index < -0.39 is 11.6 Å². The van der Waals surface area contributed by atoms with Crippen molar-refractivity contribution in [1.82, 2.24) is 15.0 Å². The van der Waals surface area contributed by atoms with E-state index in [9.17, 15) is 8.78 Å². The lowest BCUT2D eigenvalue weighted by Crippen LogP contribution is -2.33. The van der Waals surface area contributed by atoms with Gasteiger partial charge in [0.25, 0.3) is 0 Å². The second-order valence-corrected chi connectivity index (χ2v) is 5.63. The monoisotopic (exact) mass is 307 g/mol. The van der Waals surface area contributed by atoms with Gasteiger partial charge < -0.3 is 4.52 Å². The Hall–Kier alpha value is -1.82. The fraction of sp³-hybridized carbons (Fsp3) is 0.500. The zero-order valence-electron chi connectivity index (χ0n) is 12.6. The molecule has 3 rings (SSSR count). The standard InChI is InChI=1S/C16H19F2N3O/c1-2-15-19-16(22-20-15)14-5-3-4-8-21(14)10-11-6-7-12(17)13(18)9-11/h6-7,9,14H,2-5,8,10H2,1H3/t14-/m0/s1. The summed E-state index contributed by atoms with van der Waals surface area (Å²) in [6.07, 6.45) is 3.85. The fourth-order valence-corrected chi connectivity index (χ4v) is 2.88. The van der Waals surface area contributed by atoms with Crippen molar-refractivity contribution < 1.29 is 13.3 Å². The van der Waals surface area contributed by atoms with Crippen molar-refractivity contribution in [3.63, 3.8) is 0 Å². The molecule has 0 amide bonds. The Morgan fingerprint density at radius 3 is 2.86 bits per heavy atom. The lowest BCUT2D eigenvalue weighted by molar-refractivity contribution is 0.111. The number of aromatic nitrogens is 2. The summed E-state index contributed by atoms with van der Waals surface area (Å²) in [6, 6.07) is 4.10. The van der Waals surface area contributed by atoms with Gasteiger partial charge in [-0.3, -0.25) is 4.90 Å². The molecule has 2 heterocycles. The molecule has 1 aromatic carbocycles. The highest BCUT2D eigenvalue weighted by molar-refractivity contribution is 5.18. The van der Waals surface area contributed by atoms with Gasteiger partial charge in [0, 0.05) is 13.0 Å². The molecule has 0 saturated carbocycles. The molecule has 1 aliphatic heterocycles. The topological polar surface area (TPSA) is 42.2 Å². The lowest BCUT2D eigenvalue weighted by Gasteiger charge is -2.33. The van der Waals surface area contributed by atoms with Crippen LogP contribution >= 0.6 is 0 Å². The first-order valence-corrected chi connectivity index (χ1v) is 7.68. The molecular weight excluding hydrogens is 288 g/mol. The molecule has 0 unspecified atom stereocenters. The van der Waals surface area contributed by atoms with E-state index in [-0.39, 0.29) is 6.04 Å². The third kappa shape index (κ3) is 3.16. The highest BCUT2D eigenvalue weighted by atomic mass is 19.2. The number of hydrogen-bond donors (Lipinski definition) is 0. The number of hydrogen-bond acceptors (Lipinski definition) is 4. The van der Waals surface area contributed by atoms with E-state index in [4.69, 9.17) is 4.52 Å². The smallest absolute Gasteiger partial charge is 0.244 e. The van der Waals surface area contributed by atoms with Crippen LogP contribution in [0.4, 0.5) is 8.78 Å². The molecule has 0 spiro atoms. The molecule has 1 atom stereocenters. The van der Waals surface area contributed by atoms with E-state index in [1.165, 1.54) is 12.1 Å². The van der Waals surface area contributed by atoms with Crippen LogP contribution in [0.5, 0.6) is 0 Å². The van der Waals surface area contributed by atoms with E-state index in [0.717, 1.165) is 37.8 Å². The van der Waals surface area contributed by atoms with E-state index in [2.05, 4.69) is 15.0 Å². The number of likely N-dealkylation sites (tertiary alicyclic amines) is 1. The molecule has 4 nitrogen and oxygen atoms in total. The number of nitrogens with zero attached hydrogens (tertiary/aromatic N) is 3. The minimum Gasteiger partial charge on any atom is -0.338 e. The predicted molar refractivity (Wildman–Crippen MR) is 77.0 cm³/mol. The van der Waals surface area contributed by atoms with Crippen LogP contribution in [-0.2, 0) is 13.0 Å². The summed E-state index contributed by atoms with van der Waals surface area (Å²) in [5, 5.41) is 3.95. The Kier molecular flexibility index (Phi) is 4.47. The normalized spacial score (nSPS) is 19.5. The van der Waals surface area contributed by atoms with Crippen molar-refractivity contribution in [2.75, 3.05) is 6.54 Å². The maximum Gasteiger partial charge on any atom is 0.244 e. The van der Waals surface area contributed by atoms with Crippen LogP contribution in [-0.4, -0.2) is 21.6 Å². The average Bonchev–Trinajstić information content (AvgIpc) is 3.00. The van der Waals surface area contributed by atoms with Crippen LogP contribution in [0.3, 0.4) is 0 Å². The predicted octanol–water partition coefficient (Wildman–Crippen LogP) is 3.64. The summed E-state index contributed by atoms with van der Waals surface area (Å²) in [5.41, 5.74) is 0.751. The van der Waals surface area contributed by atoms with Gasteiger partial charge in [0.2, 0.25) is 5.89 Å². The average molecular weight is 307 g/mol. The van der Waals surface area contributed by atoms with Gasteiger partial charge in [-0.05, 0) is 37.1 Å². The van der Waals surface area contributed by atoms with Gasteiger partial charge in [-0.2, -0.15) is 4.98 Å². The molecule has 0 bridgehead atoms. The third-order valence-corrected chi connectivity index (χ3v) is 4.07. The van der Waals surface area contributed by atoms with Crippen molar-refractivity contribution in [1.29, 1.82) is 0 Å². The van der Waals surface area contributed by atoms with Gasteiger partial charge in [0.15, 0.2) is 17.5 Å². The van der Waals surface area contributed by atoms with Crippen LogP contribution in [0.25, 0.3) is 0 Å². The Labute approximate surface area is 128 Å². The molecular formula is C16H19F2N3O. The van der Waals surface area contributed by atoms with Crippen LogP contribution in [0.15, 0.2) is 22.7 Å². The van der Waals surface area contributed by atoms with E-state index in [1.54, 1.807) is 6.07 Å². The summed E-state index contributed by atoms with van der Waals surface area (Å²) in [7, 11) is 0. The zero-order chi connectivity index (χ0) is 15.5. The Morgan fingerprint density at radius 2 is 2.14 bits per heavy atom. The first-order chi connectivity index (χ1) is 10.7. The first kappa shape index (κ1) is 15.1. The van der Waals surface area contributed by atoms with E-state index in [1.807, 2.05) is 6.92 Å². The number of benzene rings is 1. The highest BCUT2D eigenvalue weighted by Crippen LogP contribution is 2.31. The maximum absolute atomic E-state index is 13.4. The van der Waals surface area contributed by atoms with Crippen molar-refractivity contribution in [2.24, 2.45) is 0 Å². The first-order valence-electron chi connectivity index (χ1n) is 7.68. The molecule has 1 saturated heterocycles. The Bertz CT molecular complexity index is 644. The van der Waals surface area contributed by atoms with Crippen LogP contribution in [0.2, 0.25) is 0 Å². The van der Waals surface area contributed by atoms with Gasteiger partial charge in [0.1, 0.15) is 0 Å². The summed E-state index contributed by atoms with van der Waals surface area (Å²) in [4.78, 5) is 6.62. The Morgan fingerprint density at radius 1 is 1.27 bits per heavy atom. The third-order valence-electron chi connectivity index (χ3n) is 4.07. The molecule has 22 heavy (non-hydrogen) atoms. The van der Waals surface area contributed by atoms with Gasteiger partial charge in [-0.25, -0.2) is 8.78 Å². The SMILES string of the molecule is CCc1noc([C@@H]2CCCCN2Cc2ccc(F)c(F)c2)n1. The minimum absolute atomic E-state index is 0.0506. The fourth-order valence-electron chi connectivity index (χ4n) is 2.88. The van der Waals surface area contributed by atoms with Gasteiger partial charge in [0.05, 0.1) is 6.04 Å². The Balaban J connectivity index is 1.78. The van der Waals surface area contributed by atoms with Crippen molar-refractivity contribution in [3.05, 3.63) is 47.1 Å². The summed E-state index contributed by atoms with van der Waals surface area (Å²) in [5.74, 6) is -0.298. The van der Waals surface area contributed by atoms with Crippen molar-refractivity contribution in [2.45, 2.75) is 45.2 Å². The molecule has 0 aliphatic carbocycles. The molecule has 1 fully saturated rings. The van der Waals surface area contributed by atoms with Crippen LogP contribution in [0.1, 0.15) is 49.5 Å². The summed E-state index contributed by atoms with van der Waals surface area (Å²) in [6.45, 7) is 3.41. The van der Waals surface area contributed by atoms with Crippen molar-refractivity contribution >= 4 is 0 Å². The number of rotatable bonds is 4. The maximum atomic E-state index is 13.4. The molecule has 0 radical (unpaired) electrons. The second-order valence-electron chi connectivity index (χ2n) is 5.63. The summed E-state index contributed by atoms with van der Waals surface area (Å²) < 4.78 is 31.8. The number of piperidine rings is 1. The van der Waals surface area contributed by atoms with Crippen LogP contribution < -0.4 is 0 Å². The second kappa shape index (κ2) is 6.52. The minimum atomic E-state index is -0.816. The highest BCUT2D eigenvalue weighted by Gasteiger charge is 2.28. The van der Waals surface area contributed by atoms with Crippen LogP contribution in [0, 0.1) is 11.6 Å². The molecule has 1 aliphatic rings. The molecule has 1 aromatic heterocycles. The molecule has 6 heteroatoms. The van der Waals surface area contributed by atoms with Crippen molar-refractivity contribution in [3.8, 4) is 0 Å². The quantitative estimate of drug-likeness (QED) is 0.865. The summed E-state index contributed by atoms with van der Waals surface area (Å²) >= 11 is 0.